The zero-order valence-electron chi connectivity index (χ0n) is 7.33. The second kappa shape index (κ2) is 3.47. The van der Waals surface area contributed by atoms with Gasteiger partial charge in [0.2, 0.25) is 0 Å². The minimum atomic E-state index is -0.125. The molecule has 0 amide bonds. The van der Waals surface area contributed by atoms with Crippen molar-refractivity contribution in [3.63, 3.8) is 0 Å². The molecule has 0 radical (unpaired) electrons. The van der Waals surface area contributed by atoms with Crippen LogP contribution in [0.4, 0.5) is 0 Å². The van der Waals surface area contributed by atoms with Crippen molar-refractivity contribution in [1.29, 1.82) is 0 Å². The number of ketones is 2. The Bertz CT molecular complexity index is 243. The van der Waals surface area contributed by atoms with Gasteiger partial charge in [0, 0.05) is 26.9 Å². The molecule has 12 heavy (non-hydrogen) atoms. The molecule has 0 unspecified atom stereocenters. The van der Waals surface area contributed by atoms with Crippen LogP contribution in [0.5, 0.6) is 0 Å². The van der Waals surface area contributed by atoms with Crippen molar-refractivity contribution in [2.45, 2.75) is 19.3 Å². The number of nitrogens with zero attached hydrogens (tertiary/aromatic N) is 2. The van der Waals surface area contributed by atoms with Gasteiger partial charge in [0.25, 0.3) is 0 Å². The first-order valence-electron chi connectivity index (χ1n) is 3.89. The van der Waals surface area contributed by atoms with E-state index in [1.165, 1.54) is 0 Å². The van der Waals surface area contributed by atoms with Gasteiger partial charge in [0.1, 0.15) is 11.5 Å². The fraction of sp³-hybridized carbons (Fsp3) is 0.625. The van der Waals surface area contributed by atoms with Gasteiger partial charge in [-0.2, -0.15) is 5.10 Å². The predicted molar refractivity (Wildman–Crippen MR) is 45.0 cm³/mol. The lowest BCUT2D eigenvalue weighted by Crippen LogP contribution is -2.26. The topological polar surface area (TPSA) is 49.7 Å². The van der Waals surface area contributed by atoms with E-state index in [0.717, 1.165) is 0 Å². The third-order valence-corrected chi connectivity index (χ3v) is 1.64. The lowest BCUT2D eigenvalue weighted by atomic mass is 9.96. The first-order chi connectivity index (χ1) is 5.59. The number of carbonyl (C=O) groups excluding carboxylic acids is 2. The second-order valence-corrected chi connectivity index (χ2v) is 3.03. The molecule has 0 aromatic rings. The maximum Gasteiger partial charge on any atom is 0.186 e. The molecule has 0 aromatic carbocycles. The van der Waals surface area contributed by atoms with Crippen molar-refractivity contribution in [3.05, 3.63) is 0 Å². The molecule has 0 bridgehead atoms. The van der Waals surface area contributed by atoms with Crippen LogP contribution >= 0.6 is 0 Å². The van der Waals surface area contributed by atoms with Crippen LogP contribution < -0.4 is 0 Å². The van der Waals surface area contributed by atoms with E-state index < -0.39 is 0 Å². The molecule has 0 heterocycles. The molecule has 1 aliphatic rings. The highest BCUT2D eigenvalue weighted by atomic mass is 16.1. The van der Waals surface area contributed by atoms with Crippen molar-refractivity contribution in [2.24, 2.45) is 5.10 Å². The number of hydrogen-bond acceptors (Lipinski definition) is 4. The van der Waals surface area contributed by atoms with Crippen molar-refractivity contribution in [2.75, 3.05) is 14.1 Å². The SMILES string of the molecule is CN(C)N=C1CCC(=O)CC1=O. The Hall–Kier alpha value is -1.19. The zero-order valence-corrected chi connectivity index (χ0v) is 7.33. The molecule has 0 aliphatic heterocycles. The van der Waals surface area contributed by atoms with Crippen molar-refractivity contribution in [3.8, 4) is 0 Å². The Morgan fingerprint density at radius 2 is 1.92 bits per heavy atom. The average Bonchev–Trinajstić information content (AvgIpc) is 1.94. The largest absolute Gasteiger partial charge is 0.303 e. The van der Waals surface area contributed by atoms with E-state index >= 15 is 0 Å². The monoisotopic (exact) mass is 168 g/mol. The van der Waals surface area contributed by atoms with Gasteiger partial charge < -0.3 is 5.01 Å². The van der Waals surface area contributed by atoms with E-state index in [1.54, 1.807) is 19.1 Å². The third kappa shape index (κ3) is 2.15. The Balaban J connectivity index is 2.68. The van der Waals surface area contributed by atoms with Crippen LogP contribution in [0.15, 0.2) is 5.10 Å². The summed E-state index contributed by atoms with van der Waals surface area (Å²) in [6, 6.07) is 0. The van der Waals surface area contributed by atoms with Gasteiger partial charge >= 0.3 is 0 Å². The molecular weight excluding hydrogens is 156 g/mol. The highest BCUT2D eigenvalue weighted by Gasteiger charge is 2.22. The van der Waals surface area contributed by atoms with Gasteiger partial charge in [0.15, 0.2) is 5.78 Å². The average molecular weight is 168 g/mol. The van der Waals surface area contributed by atoms with E-state index in [0.29, 0.717) is 18.6 Å². The van der Waals surface area contributed by atoms with Crippen molar-refractivity contribution >= 4 is 17.3 Å². The molecule has 1 aliphatic carbocycles. The summed E-state index contributed by atoms with van der Waals surface area (Å²) in [4.78, 5) is 22.0. The highest BCUT2D eigenvalue weighted by molar-refractivity contribution is 6.44. The minimum Gasteiger partial charge on any atom is -0.303 e. The maximum absolute atomic E-state index is 11.2. The van der Waals surface area contributed by atoms with Gasteiger partial charge in [-0.15, -0.1) is 0 Å². The van der Waals surface area contributed by atoms with Gasteiger partial charge in [0.05, 0.1) is 6.42 Å². The molecule has 4 nitrogen and oxygen atoms in total. The van der Waals surface area contributed by atoms with Gasteiger partial charge in [-0.25, -0.2) is 0 Å². The van der Waals surface area contributed by atoms with Gasteiger partial charge in [-0.1, -0.05) is 0 Å². The molecule has 0 aromatic heterocycles. The molecular formula is C8H12N2O2. The van der Waals surface area contributed by atoms with E-state index in [-0.39, 0.29) is 18.0 Å². The number of hydrazone groups is 1. The number of hydrogen-bond donors (Lipinski definition) is 0. The smallest absolute Gasteiger partial charge is 0.186 e. The Kier molecular flexibility index (Phi) is 2.58. The summed E-state index contributed by atoms with van der Waals surface area (Å²) in [6.45, 7) is 0. The van der Waals surface area contributed by atoms with E-state index in [1.807, 2.05) is 0 Å². The summed E-state index contributed by atoms with van der Waals surface area (Å²) in [6.07, 6.45) is 0.987. The highest BCUT2D eigenvalue weighted by Crippen LogP contribution is 2.08. The van der Waals surface area contributed by atoms with Gasteiger partial charge in [-0.05, 0) is 0 Å². The van der Waals surface area contributed by atoms with Crippen LogP contribution in [0.2, 0.25) is 0 Å². The summed E-state index contributed by atoms with van der Waals surface area (Å²) in [5.41, 5.74) is 0.527. The number of rotatable bonds is 1. The zero-order chi connectivity index (χ0) is 9.14. The Morgan fingerprint density at radius 1 is 1.25 bits per heavy atom. The molecule has 0 saturated heterocycles. The maximum atomic E-state index is 11.2. The first-order valence-corrected chi connectivity index (χ1v) is 3.89. The normalized spacial score (nSPS) is 21.7. The minimum absolute atomic E-state index is 0.0257. The molecule has 1 fully saturated rings. The molecule has 0 N–H and O–H groups in total. The predicted octanol–water partition coefficient (Wildman–Crippen LogP) is 0.226. The summed E-state index contributed by atoms with van der Waals surface area (Å²) >= 11 is 0. The molecule has 0 spiro atoms. The third-order valence-electron chi connectivity index (χ3n) is 1.64. The Labute approximate surface area is 71.2 Å². The lowest BCUT2D eigenvalue weighted by Gasteiger charge is -2.13. The van der Waals surface area contributed by atoms with Crippen LogP contribution in [-0.4, -0.2) is 36.4 Å². The van der Waals surface area contributed by atoms with Crippen LogP contribution in [0.1, 0.15) is 19.3 Å². The second-order valence-electron chi connectivity index (χ2n) is 3.03. The quantitative estimate of drug-likeness (QED) is 0.416. The number of carbonyl (C=O) groups is 2. The molecule has 1 rings (SSSR count). The summed E-state index contributed by atoms with van der Waals surface area (Å²) in [5, 5.41) is 5.59. The van der Waals surface area contributed by atoms with Crippen LogP contribution in [-0.2, 0) is 9.59 Å². The number of Topliss-reactive ketones (excluding diaryl/α,β-unsaturated/α-hetero) is 2. The Morgan fingerprint density at radius 3 is 2.42 bits per heavy atom. The fourth-order valence-corrected chi connectivity index (χ4v) is 1.11. The molecule has 4 heteroatoms. The van der Waals surface area contributed by atoms with Crippen molar-refractivity contribution < 1.29 is 9.59 Å². The summed E-state index contributed by atoms with van der Waals surface area (Å²) in [7, 11) is 3.52. The van der Waals surface area contributed by atoms with Crippen LogP contribution in [0.3, 0.4) is 0 Å². The van der Waals surface area contributed by atoms with Crippen LogP contribution in [0.25, 0.3) is 0 Å². The molecule has 1 saturated carbocycles. The fourth-order valence-electron chi connectivity index (χ4n) is 1.11. The standard InChI is InChI=1S/C8H12N2O2/c1-10(2)9-7-4-3-6(11)5-8(7)12/h3-5H2,1-2H3. The van der Waals surface area contributed by atoms with E-state index in [2.05, 4.69) is 5.10 Å². The van der Waals surface area contributed by atoms with Crippen LogP contribution in [0, 0.1) is 0 Å². The summed E-state index contributed by atoms with van der Waals surface area (Å²) < 4.78 is 0. The first kappa shape index (κ1) is 8.90. The molecule has 0 atom stereocenters. The summed E-state index contributed by atoms with van der Waals surface area (Å²) in [5.74, 6) is -0.0994. The van der Waals surface area contributed by atoms with E-state index in [4.69, 9.17) is 0 Å². The van der Waals surface area contributed by atoms with Crippen molar-refractivity contribution in [1.82, 2.24) is 5.01 Å². The lowest BCUT2D eigenvalue weighted by molar-refractivity contribution is -0.125. The van der Waals surface area contributed by atoms with Gasteiger partial charge in [-0.3, -0.25) is 9.59 Å². The van der Waals surface area contributed by atoms with E-state index in [9.17, 15) is 9.59 Å². The molecule has 66 valence electrons.